The standard InChI is InChI=1S/C17H34N2/c1-14(8-6-12-18-17(2,3)4)19-13-7-10-15-9-5-11-16(15)19/h14-16,18H,5-13H2,1-4H3. The largest absolute Gasteiger partial charge is 0.312 e. The molecule has 0 aromatic carbocycles. The molecule has 0 bridgehead atoms. The van der Waals surface area contributed by atoms with E-state index in [4.69, 9.17) is 0 Å². The summed E-state index contributed by atoms with van der Waals surface area (Å²) in [6, 6.07) is 1.71. The molecule has 1 heterocycles. The average Bonchev–Trinajstić information content (AvgIpc) is 2.81. The predicted octanol–water partition coefficient (Wildman–Crippen LogP) is 3.81. The van der Waals surface area contributed by atoms with Crippen LogP contribution in [0.5, 0.6) is 0 Å². The van der Waals surface area contributed by atoms with Crippen LogP contribution in [0.3, 0.4) is 0 Å². The first-order chi connectivity index (χ1) is 8.97. The van der Waals surface area contributed by atoms with Crippen LogP contribution in [0.1, 0.15) is 72.6 Å². The molecule has 1 saturated carbocycles. The van der Waals surface area contributed by atoms with Crippen molar-refractivity contribution in [3.05, 3.63) is 0 Å². The fraction of sp³-hybridized carbons (Fsp3) is 1.00. The molecule has 2 aliphatic rings. The molecule has 2 nitrogen and oxygen atoms in total. The van der Waals surface area contributed by atoms with E-state index in [1.165, 1.54) is 51.5 Å². The Labute approximate surface area is 120 Å². The molecule has 3 atom stereocenters. The van der Waals surface area contributed by atoms with Gasteiger partial charge in [-0.25, -0.2) is 0 Å². The Balaban J connectivity index is 1.71. The highest BCUT2D eigenvalue weighted by Gasteiger charge is 2.36. The lowest BCUT2D eigenvalue weighted by molar-refractivity contribution is 0.0699. The molecule has 1 aliphatic carbocycles. The summed E-state index contributed by atoms with van der Waals surface area (Å²) in [5.41, 5.74) is 0.269. The fourth-order valence-electron chi connectivity index (χ4n) is 4.07. The summed E-state index contributed by atoms with van der Waals surface area (Å²) in [5.74, 6) is 1.03. The molecule has 2 fully saturated rings. The zero-order valence-corrected chi connectivity index (χ0v) is 13.5. The zero-order valence-electron chi connectivity index (χ0n) is 13.5. The SMILES string of the molecule is CC(CCCNC(C)(C)C)N1CCCC2CCCC21. The summed E-state index contributed by atoms with van der Waals surface area (Å²) < 4.78 is 0. The second kappa shape index (κ2) is 6.58. The lowest BCUT2D eigenvalue weighted by atomic mass is 9.90. The molecule has 2 heteroatoms. The molecule has 0 aromatic rings. The van der Waals surface area contributed by atoms with Gasteiger partial charge in [0.15, 0.2) is 0 Å². The van der Waals surface area contributed by atoms with E-state index in [1.807, 2.05) is 0 Å². The summed E-state index contributed by atoms with van der Waals surface area (Å²) >= 11 is 0. The first kappa shape index (κ1) is 15.3. The van der Waals surface area contributed by atoms with E-state index in [9.17, 15) is 0 Å². The number of fused-ring (bicyclic) bond motifs is 1. The third-order valence-electron chi connectivity index (χ3n) is 5.06. The lowest BCUT2D eigenvalue weighted by Gasteiger charge is -2.41. The minimum Gasteiger partial charge on any atom is -0.312 e. The van der Waals surface area contributed by atoms with E-state index < -0.39 is 0 Å². The molecular weight excluding hydrogens is 232 g/mol. The number of rotatable bonds is 5. The normalized spacial score (nSPS) is 30.3. The maximum absolute atomic E-state index is 3.61. The Hall–Kier alpha value is -0.0800. The average molecular weight is 266 g/mol. The van der Waals surface area contributed by atoms with Crippen LogP contribution in [-0.4, -0.2) is 35.6 Å². The highest BCUT2D eigenvalue weighted by molar-refractivity contribution is 4.91. The minimum atomic E-state index is 0.269. The molecule has 19 heavy (non-hydrogen) atoms. The van der Waals surface area contributed by atoms with Crippen LogP contribution in [0.4, 0.5) is 0 Å². The highest BCUT2D eigenvalue weighted by Crippen LogP contribution is 2.38. The zero-order chi connectivity index (χ0) is 13.9. The van der Waals surface area contributed by atoms with E-state index in [0.717, 1.165) is 24.5 Å². The molecular formula is C17H34N2. The summed E-state index contributed by atoms with van der Waals surface area (Å²) in [7, 11) is 0. The molecule has 3 unspecified atom stereocenters. The van der Waals surface area contributed by atoms with Crippen molar-refractivity contribution in [3.63, 3.8) is 0 Å². The van der Waals surface area contributed by atoms with Crippen LogP contribution in [0, 0.1) is 5.92 Å². The molecule has 1 aliphatic heterocycles. The van der Waals surface area contributed by atoms with E-state index in [0.29, 0.717) is 0 Å². The van der Waals surface area contributed by atoms with Crippen molar-refractivity contribution in [2.24, 2.45) is 5.92 Å². The van der Waals surface area contributed by atoms with Gasteiger partial charge in [0.25, 0.3) is 0 Å². The molecule has 0 aromatic heterocycles. The van der Waals surface area contributed by atoms with Crippen LogP contribution in [0.2, 0.25) is 0 Å². The predicted molar refractivity (Wildman–Crippen MR) is 83.5 cm³/mol. The van der Waals surface area contributed by atoms with Gasteiger partial charge in [0.1, 0.15) is 0 Å². The third kappa shape index (κ3) is 4.46. The lowest BCUT2D eigenvalue weighted by Crippen LogP contribution is -2.47. The van der Waals surface area contributed by atoms with E-state index in [-0.39, 0.29) is 5.54 Å². The van der Waals surface area contributed by atoms with Gasteiger partial charge >= 0.3 is 0 Å². The third-order valence-corrected chi connectivity index (χ3v) is 5.06. The van der Waals surface area contributed by atoms with Crippen molar-refractivity contribution in [1.29, 1.82) is 0 Å². The monoisotopic (exact) mass is 266 g/mol. The Morgan fingerprint density at radius 3 is 2.63 bits per heavy atom. The van der Waals surface area contributed by atoms with Crippen LogP contribution >= 0.6 is 0 Å². The second-order valence-electron chi connectivity index (χ2n) is 7.81. The summed E-state index contributed by atoms with van der Waals surface area (Å²) in [6.45, 7) is 11.7. The van der Waals surface area contributed by atoms with E-state index in [1.54, 1.807) is 0 Å². The van der Waals surface area contributed by atoms with Gasteiger partial charge in [-0.15, -0.1) is 0 Å². The number of nitrogens with zero attached hydrogens (tertiary/aromatic N) is 1. The van der Waals surface area contributed by atoms with Gasteiger partial charge < -0.3 is 5.32 Å². The molecule has 2 rings (SSSR count). The molecule has 0 amide bonds. The molecule has 1 saturated heterocycles. The van der Waals surface area contributed by atoms with E-state index in [2.05, 4.69) is 37.9 Å². The Morgan fingerprint density at radius 2 is 1.89 bits per heavy atom. The van der Waals surface area contributed by atoms with Crippen LogP contribution in [0.15, 0.2) is 0 Å². The summed E-state index contributed by atoms with van der Waals surface area (Å²) in [6.07, 6.45) is 10.0. The second-order valence-corrected chi connectivity index (χ2v) is 7.81. The van der Waals surface area contributed by atoms with Crippen LogP contribution in [0.25, 0.3) is 0 Å². The van der Waals surface area contributed by atoms with Gasteiger partial charge in [0, 0.05) is 17.6 Å². The Bertz CT molecular complexity index is 269. The molecule has 112 valence electrons. The number of hydrogen-bond acceptors (Lipinski definition) is 2. The van der Waals surface area contributed by atoms with E-state index >= 15 is 0 Å². The maximum atomic E-state index is 3.61. The van der Waals surface area contributed by atoms with Gasteiger partial charge in [-0.3, -0.25) is 4.90 Å². The van der Waals surface area contributed by atoms with Gasteiger partial charge in [0.05, 0.1) is 0 Å². The van der Waals surface area contributed by atoms with Crippen molar-refractivity contribution in [1.82, 2.24) is 10.2 Å². The fourth-order valence-corrected chi connectivity index (χ4v) is 4.07. The number of piperidine rings is 1. The maximum Gasteiger partial charge on any atom is 0.0126 e. The van der Waals surface area contributed by atoms with Crippen molar-refractivity contribution in [2.75, 3.05) is 13.1 Å². The van der Waals surface area contributed by atoms with Crippen molar-refractivity contribution in [2.45, 2.75) is 90.3 Å². The summed E-state index contributed by atoms with van der Waals surface area (Å²) in [4.78, 5) is 2.85. The van der Waals surface area contributed by atoms with Gasteiger partial charge in [0.2, 0.25) is 0 Å². The van der Waals surface area contributed by atoms with Crippen LogP contribution in [-0.2, 0) is 0 Å². The number of nitrogens with one attached hydrogen (secondary N) is 1. The quantitative estimate of drug-likeness (QED) is 0.761. The van der Waals surface area contributed by atoms with Gasteiger partial charge in [-0.1, -0.05) is 6.42 Å². The van der Waals surface area contributed by atoms with Crippen molar-refractivity contribution >= 4 is 0 Å². The molecule has 0 spiro atoms. The van der Waals surface area contributed by atoms with Crippen LogP contribution < -0.4 is 5.32 Å². The summed E-state index contributed by atoms with van der Waals surface area (Å²) in [5, 5.41) is 3.61. The first-order valence-electron chi connectivity index (χ1n) is 8.48. The van der Waals surface area contributed by atoms with Gasteiger partial charge in [-0.2, -0.15) is 0 Å². The number of hydrogen-bond donors (Lipinski definition) is 1. The molecule has 1 N–H and O–H groups in total. The van der Waals surface area contributed by atoms with Gasteiger partial charge in [-0.05, 0) is 85.2 Å². The topological polar surface area (TPSA) is 15.3 Å². The first-order valence-corrected chi connectivity index (χ1v) is 8.48. The minimum absolute atomic E-state index is 0.269. The Morgan fingerprint density at radius 1 is 1.16 bits per heavy atom. The smallest absolute Gasteiger partial charge is 0.0126 e. The van der Waals surface area contributed by atoms with Crippen molar-refractivity contribution in [3.8, 4) is 0 Å². The van der Waals surface area contributed by atoms with Crippen molar-refractivity contribution < 1.29 is 0 Å². The highest BCUT2D eigenvalue weighted by atomic mass is 15.2. The molecule has 0 radical (unpaired) electrons. The number of likely N-dealkylation sites (tertiary alicyclic amines) is 1. The Kier molecular flexibility index (Phi) is 5.30.